The van der Waals surface area contributed by atoms with Gasteiger partial charge in [0.15, 0.2) is 0 Å². The van der Waals surface area contributed by atoms with Gasteiger partial charge < -0.3 is 16.5 Å². The fraction of sp³-hybridized carbons (Fsp3) is 0.167. The van der Waals surface area contributed by atoms with Crippen molar-refractivity contribution in [3.8, 4) is 0 Å². The average molecular weight is 153 g/mol. The molecule has 0 fully saturated rings. The average Bonchev–Trinajstić information content (AvgIpc) is 1.94. The molecule has 0 saturated heterocycles. The van der Waals surface area contributed by atoms with Crippen LogP contribution in [-0.4, -0.2) is 12.0 Å². The monoisotopic (exact) mass is 153 g/mol. The van der Waals surface area contributed by atoms with E-state index in [0.717, 1.165) is 0 Å². The van der Waals surface area contributed by atoms with Crippen molar-refractivity contribution in [3.05, 3.63) is 12.4 Å². The Bertz CT molecular complexity index is 257. The molecule has 0 bridgehead atoms. The lowest BCUT2D eigenvalue weighted by Crippen LogP contribution is -2.26. The molecule has 1 rings (SSSR count). The molecule has 0 aromatic carbocycles. The van der Waals surface area contributed by atoms with Crippen LogP contribution in [-0.2, 0) is 0 Å². The zero-order valence-electron chi connectivity index (χ0n) is 6.28. The van der Waals surface area contributed by atoms with E-state index < -0.39 is 0 Å². The lowest BCUT2D eigenvalue weighted by Gasteiger charge is -2.14. The van der Waals surface area contributed by atoms with Crippen molar-refractivity contribution in [2.45, 2.75) is 0 Å². The zero-order valence-corrected chi connectivity index (χ0v) is 6.28. The minimum Gasteiger partial charge on any atom is -0.396 e. The summed E-state index contributed by atoms with van der Waals surface area (Å²) in [5.41, 5.74) is 12.6. The summed E-state index contributed by atoms with van der Waals surface area (Å²) in [6, 6.07) is 0. The molecule has 11 heavy (non-hydrogen) atoms. The highest BCUT2D eigenvalue weighted by Crippen LogP contribution is 2.23. The Morgan fingerprint density at radius 2 is 2.00 bits per heavy atom. The molecule has 1 aromatic heterocycles. The third kappa shape index (κ3) is 1.32. The van der Waals surface area contributed by atoms with Crippen molar-refractivity contribution >= 4 is 17.1 Å². The summed E-state index contributed by atoms with van der Waals surface area (Å²) >= 11 is 0. The number of pyridine rings is 1. The molecule has 5 nitrogen and oxygen atoms in total. The van der Waals surface area contributed by atoms with Crippen LogP contribution in [0.2, 0.25) is 0 Å². The largest absolute Gasteiger partial charge is 0.396 e. The fourth-order valence-electron chi connectivity index (χ4n) is 0.756. The van der Waals surface area contributed by atoms with Gasteiger partial charge in [-0.1, -0.05) is 0 Å². The van der Waals surface area contributed by atoms with Gasteiger partial charge in [-0.15, -0.1) is 0 Å². The van der Waals surface area contributed by atoms with Crippen LogP contribution in [0.25, 0.3) is 0 Å². The first kappa shape index (κ1) is 7.62. The molecule has 0 aliphatic rings. The molecular weight excluding hydrogens is 142 g/mol. The van der Waals surface area contributed by atoms with Crippen LogP contribution in [0, 0.1) is 0 Å². The molecule has 1 heterocycles. The highest BCUT2D eigenvalue weighted by atomic mass is 15.4. The third-order valence-corrected chi connectivity index (χ3v) is 1.38. The van der Waals surface area contributed by atoms with Crippen LogP contribution in [0.3, 0.4) is 0 Å². The molecule has 0 atom stereocenters. The number of aromatic nitrogens is 1. The van der Waals surface area contributed by atoms with Crippen molar-refractivity contribution in [1.82, 2.24) is 4.98 Å². The lowest BCUT2D eigenvalue weighted by atomic mass is 10.3. The van der Waals surface area contributed by atoms with Crippen LogP contribution < -0.4 is 22.3 Å². The van der Waals surface area contributed by atoms with Crippen molar-refractivity contribution in [2.75, 3.05) is 23.5 Å². The van der Waals surface area contributed by atoms with Gasteiger partial charge in [0, 0.05) is 7.05 Å². The van der Waals surface area contributed by atoms with Gasteiger partial charge in [-0.3, -0.25) is 4.98 Å². The van der Waals surface area contributed by atoms with Crippen molar-refractivity contribution in [2.24, 2.45) is 5.84 Å². The van der Waals surface area contributed by atoms with E-state index in [9.17, 15) is 0 Å². The van der Waals surface area contributed by atoms with Crippen LogP contribution in [0.15, 0.2) is 12.4 Å². The summed E-state index contributed by atoms with van der Waals surface area (Å²) in [7, 11) is 1.67. The minimum atomic E-state index is 0.444. The van der Waals surface area contributed by atoms with Crippen molar-refractivity contribution < 1.29 is 0 Å². The number of rotatable bonds is 1. The summed E-state index contributed by atoms with van der Waals surface area (Å²) in [4.78, 5) is 3.84. The van der Waals surface area contributed by atoms with Gasteiger partial charge in [0.05, 0.1) is 29.5 Å². The quantitative estimate of drug-likeness (QED) is 0.375. The van der Waals surface area contributed by atoms with E-state index in [1.165, 1.54) is 11.2 Å². The van der Waals surface area contributed by atoms with E-state index in [-0.39, 0.29) is 0 Å². The van der Waals surface area contributed by atoms with Crippen LogP contribution in [0.1, 0.15) is 0 Å². The summed E-state index contributed by atoms with van der Waals surface area (Å²) in [6.07, 6.45) is 3.05. The fourth-order valence-corrected chi connectivity index (χ4v) is 0.756. The van der Waals surface area contributed by atoms with Gasteiger partial charge in [0.2, 0.25) is 0 Å². The molecule has 0 aliphatic carbocycles. The molecule has 0 radical (unpaired) electrons. The number of nitrogens with zero attached hydrogens (tertiary/aromatic N) is 2. The first-order chi connectivity index (χ1) is 5.13. The van der Waals surface area contributed by atoms with Crippen LogP contribution >= 0.6 is 0 Å². The molecule has 0 aliphatic heterocycles. The summed E-state index contributed by atoms with van der Waals surface area (Å²) in [5, 5.41) is 1.37. The molecule has 0 saturated carbocycles. The van der Waals surface area contributed by atoms with E-state index >= 15 is 0 Å². The summed E-state index contributed by atoms with van der Waals surface area (Å²) in [6.45, 7) is 0. The zero-order chi connectivity index (χ0) is 8.43. The van der Waals surface area contributed by atoms with E-state index in [4.69, 9.17) is 17.3 Å². The number of hydrogen-bond donors (Lipinski definition) is 3. The van der Waals surface area contributed by atoms with E-state index in [1.807, 2.05) is 0 Å². The Morgan fingerprint density at radius 3 is 2.45 bits per heavy atom. The van der Waals surface area contributed by atoms with Crippen LogP contribution in [0.4, 0.5) is 17.1 Å². The van der Waals surface area contributed by atoms with Gasteiger partial charge in [0.1, 0.15) is 0 Å². The molecule has 0 unspecified atom stereocenters. The predicted octanol–water partition coefficient (Wildman–Crippen LogP) is -0.444. The van der Waals surface area contributed by atoms with Crippen LogP contribution in [0.5, 0.6) is 0 Å². The SMILES string of the molecule is CN(N)c1cncc(N)c1N. The Balaban J connectivity index is 3.17. The van der Waals surface area contributed by atoms with Gasteiger partial charge in [-0.25, -0.2) is 5.84 Å². The Hall–Kier alpha value is -1.49. The standard InChI is InChI=1S/C6H11N5/c1-11(9)5-3-10-2-4(7)6(5)8/h2-3H,7,9H2,1H3,(H2,8,10). The number of anilines is 3. The smallest absolute Gasteiger partial charge is 0.0949 e. The van der Waals surface area contributed by atoms with Crippen molar-refractivity contribution in [1.29, 1.82) is 0 Å². The third-order valence-electron chi connectivity index (χ3n) is 1.38. The summed E-state index contributed by atoms with van der Waals surface area (Å²) < 4.78 is 0. The highest BCUT2D eigenvalue weighted by molar-refractivity contribution is 5.77. The second-order valence-electron chi connectivity index (χ2n) is 2.27. The van der Waals surface area contributed by atoms with Gasteiger partial charge in [0.25, 0.3) is 0 Å². The number of nitrogens with two attached hydrogens (primary N) is 3. The normalized spacial score (nSPS) is 9.64. The molecule has 0 amide bonds. The molecule has 60 valence electrons. The maximum atomic E-state index is 5.60. The van der Waals surface area contributed by atoms with Gasteiger partial charge >= 0.3 is 0 Å². The molecular formula is C6H11N5. The maximum Gasteiger partial charge on any atom is 0.0949 e. The number of hydrazine groups is 1. The first-order valence-electron chi connectivity index (χ1n) is 3.10. The summed E-state index contributed by atoms with van der Waals surface area (Å²) in [5.74, 6) is 5.44. The molecule has 5 heteroatoms. The van der Waals surface area contributed by atoms with E-state index in [2.05, 4.69) is 4.98 Å². The highest BCUT2D eigenvalue weighted by Gasteiger charge is 2.03. The van der Waals surface area contributed by atoms with E-state index in [0.29, 0.717) is 17.1 Å². The number of nitrogen functional groups attached to an aromatic ring is 2. The number of hydrogen-bond acceptors (Lipinski definition) is 5. The Kier molecular flexibility index (Phi) is 1.82. The lowest BCUT2D eigenvalue weighted by molar-refractivity contribution is 1.01. The molecule has 1 aromatic rings. The van der Waals surface area contributed by atoms with Gasteiger partial charge in [-0.2, -0.15) is 0 Å². The Morgan fingerprint density at radius 1 is 1.36 bits per heavy atom. The second kappa shape index (κ2) is 2.63. The molecule has 6 N–H and O–H groups in total. The Labute approximate surface area is 64.8 Å². The predicted molar refractivity (Wildman–Crippen MR) is 45.7 cm³/mol. The minimum absolute atomic E-state index is 0.444. The van der Waals surface area contributed by atoms with Crippen molar-refractivity contribution in [3.63, 3.8) is 0 Å². The topological polar surface area (TPSA) is 94.2 Å². The van der Waals surface area contributed by atoms with Gasteiger partial charge in [-0.05, 0) is 0 Å². The first-order valence-corrected chi connectivity index (χ1v) is 3.10. The molecule has 0 spiro atoms. The maximum absolute atomic E-state index is 5.60. The van der Waals surface area contributed by atoms with E-state index in [1.54, 1.807) is 13.2 Å². The second-order valence-corrected chi connectivity index (χ2v) is 2.27.